The molecule has 0 heterocycles. The van der Waals surface area contributed by atoms with Crippen LogP contribution in [0.3, 0.4) is 0 Å². The van der Waals surface area contributed by atoms with Gasteiger partial charge in [0.15, 0.2) is 0 Å². The number of ether oxygens (including phenoxy) is 2. The smallest absolute Gasteiger partial charge is 0.306 e. The Bertz CT molecular complexity index is 617. The van der Waals surface area contributed by atoms with Crippen LogP contribution in [0.15, 0.2) is 12.1 Å². The molecule has 0 saturated heterocycles. The second-order valence-electron chi connectivity index (χ2n) is 5.85. The quantitative estimate of drug-likeness (QED) is 0.742. The lowest BCUT2D eigenvalue weighted by Crippen LogP contribution is -2.29. The first kappa shape index (κ1) is 17.7. The summed E-state index contributed by atoms with van der Waals surface area (Å²) in [6, 6.07) is 2.87. The van der Waals surface area contributed by atoms with Crippen LogP contribution in [0.2, 0.25) is 5.02 Å². The van der Waals surface area contributed by atoms with E-state index < -0.39 is 11.4 Å². The molecule has 2 rings (SSSR count). The van der Waals surface area contributed by atoms with E-state index in [-0.39, 0.29) is 24.6 Å². The molecule has 0 N–H and O–H groups in total. The van der Waals surface area contributed by atoms with Crippen molar-refractivity contribution in [3.05, 3.63) is 34.1 Å². The van der Waals surface area contributed by atoms with E-state index in [1.807, 2.05) is 0 Å². The van der Waals surface area contributed by atoms with E-state index in [0.717, 1.165) is 5.56 Å². The monoisotopic (exact) mass is 342 g/mol. The number of carbonyl (C=O) groups is 2. The number of benzene rings is 1. The number of hydrogen-bond acceptors (Lipinski definition) is 4. The van der Waals surface area contributed by atoms with Crippen molar-refractivity contribution in [3.63, 3.8) is 0 Å². The highest BCUT2D eigenvalue weighted by Gasteiger charge is 2.43. The Morgan fingerprint density at radius 1 is 1.26 bits per heavy atom. The average Bonchev–Trinajstić information content (AvgIpc) is 2.91. The second-order valence-corrected chi connectivity index (χ2v) is 6.25. The van der Waals surface area contributed by atoms with Crippen LogP contribution < -0.4 is 0 Å². The maximum atomic E-state index is 14.5. The number of methoxy groups -OCH3 is 2. The number of esters is 2. The van der Waals surface area contributed by atoms with Gasteiger partial charge in [-0.2, -0.15) is 0 Å². The molecular weight excluding hydrogens is 323 g/mol. The standard InChI is InChI=1S/C17H20ClFO4/c1-22-14(20)4-3-8-17(10-15(21)23-2)9-7-11-12(18)5-6-13(19)16(11)17/h5-6H,3-4,7-10H2,1-2H3. The molecule has 0 spiro atoms. The van der Waals surface area contributed by atoms with Crippen LogP contribution in [0.1, 0.15) is 43.2 Å². The molecule has 0 bridgehead atoms. The molecule has 0 radical (unpaired) electrons. The summed E-state index contributed by atoms with van der Waals surface area (Å²) in [4.78, 5) is 23.2. The van der Waals surface area contributed by atoms with Crippen molar-refractivity contribution in [1.82, 2.24) is 0 Å². The van der Waals surface area contributed by atoms with Gasteiger partial charge in [0.2, 0.25) is 0 Å². The van der Waals surface area contributed by atoms with Crippen molar-refractivity contribution < 1.29 is 23.5 Å². The van der Waals surface area contributed by atoms with Gasteiger partial charge in [0.25, 0.3) is 0 Å². The number of rotatable bonds is 6. The van der Waals surface area contributed by atoms with Gasteiger partial charge in [0, 0.05) is 16.9 Å². The minimum Gasteiger partial charge on any atom is -0.469 e. The van der Waals surface area contributed by atoms with Crippen molar-refractivity contribution in [2.75, 3.05) is 14.2 Å². The van der Waals surface area contributed by atoms with Crippen molar-refractivity contribution in [1.29, 1.82) is 0 Å². The Labute approximate surface area is 139 Å². The number of fused-ring (bicyclic) bond motifs is 1. The first-order chi connectivity index (χ1) is 10.9. The summed E-state index contributed by atoms with van der Waals surface area (Å²) in [6.45, 7) is 0. The van der Waals surface area contributed by atoms with Gasteiger partial charge in [-0.05, 0) is 48.9 Å². The van der Waals surface area contributed by atoms with Gasteiger partial charge < -0.3 is 9.47 Å². The topological polar surface area (TPSA) is 52.6 Å². The largest absolute Gasteiger partial charge is 0.469 e. The lowest BCUT2D eigenvalue weighted by molar-refractivity contribution is -0.142. The van der Waals surface area contributed by atoms with Gasteiger partial charge in [0.1, 0.15) is 5.82 Å². The second kappa shape index (κ2) is 7.30. The van der Waals surface area contributed by atoms with E-state index >= 15 is 0 Å². The van der Waals surface area contributed by atoms with Crippen LogP contribution in [0.25, 0.3) is 0 Å². The van der Waals surface area contributed by atoms with Crippen molar-refractivity contribution in [3.8, 4) is 0 Å². The molecule has 1 unspecified atom stereocenters. The highest BCUT2D eigenvalue weighted by Crippen LogP contribution is 2.48. The van der Waals surface area contributed by atoms with E-state index in [4.69, 9.17) is 16.3 Å². The highest BCUT2D eigenvalue weighted by molar-refractivity contribution is 6.31. The Morgan fingerprint density at radius 3 is 2.61 bits per heavy atom. The third-order valence-corrected chi connectivity index (χ3v) is 4.92. The summed E-state index contributed by atoms with van der Waals surface area (Å²) < 4.78 is 23.9. The number of hydrogen-bond donors (Lipinski definition) is 0. The van der Waals surface area contributed by atoms with Crippen LogP contribution in [-0.2, 0) is 30.9 Å². The van der Waals surface area contributed by atoms with Gasteiger partial charge in [-0.1, -0.05) is 11.6 Å². The molecule has 1 atom stereocenters. The summed E-state index contributed by atoms with van der Waals surface area (Å²) >= 11 is 6.19. The molecule has 6 heteroatoms. The summed E-state index contributed by atoms with van der Waals surface area (Å²) in [6.07, 6.45) is 2.54. The van der Waals surface area contributed by atoms with Crippen LogP contribution in [0.4, 0.5) is 4.39 Å². The molecule has 126 valence electrons. The predicted octanol–water partition coefficient (Wildman–Crippen LogP) is 3.57. The predicted molar refractivity (Wildman–Crippen MR) is 83.9 cm³/mol. The van der Waals surface area contributed by atoms with Crippen molar-refractivity contribution >= 4 is 23.5 Å². The molecule has 0 saturated carbocycles. The lowest BCUT2D eigenvalue weighted by Gasteiger charge is -2.30. The first-order valence-corrected chi connectivity index (χ1v) is 7.92. The zero-order chi connectivity index (χ0) is 17.0. The molecular formula is C17H20ClFO4. The molecule has 0 fully saturated rings. The molecule has 1 aromatic carbocycles. The Kier molecular flexibility index (Phi) is 5.63. The SMILES string of the molecule is COC(=O)CCCC1(CC(=O)OC)CCc2c(Cl)ccc(F)c21. The van der Waals surface area contributed by atoms with E-state index in [9.17, 15) is 14.0 Å². The molecule has 4 nitrogen and oxygen atoms in total. The molecule has 23 heavy (non-hydrogen) atoms. The van der Waals surface area contributed by atoms with Crippen LogP contribution in [0.5, 0.6) is 0 Å². The van der Waals surface area contributed by atoms with Crippen LogP contribution in [0, 0.1) is 5.82 Å². The molecule has 0 aromatic heterocycles. The fourth-order valence-corrected chi connectivity index (χ4v) is 3.69. The van der Waals surface area contributed by atoms with Crippen LogP contribution in [-0.4, -0.2) is 26.2 Å². The summed E-state index contributed by atoms with van der Waals surface area (Å²) in [5, 5.41) is 0.515. The van der Waals surface area contributed by atoms with E-state index in [1.165, 1.54) is 20.3 Å². The normalized spacial score (nSPS) is 19.3. The molecule has 0 aliphatic heterocycles. The molecule has 1 aromatic rings. The summed E-state index contributed by atoms with van der Waals surface area (Å²) in [5.41, 5.74) is 0.583. The fraction of sp³-hybridized carbons (Fsp3) is 0.529. The third-order valence-electron chi connectivity index (χ3n) is 4.56. The van der Waals surface area contributed by atoms with E-state index in [2.05, 4.69) is 4.74 Å². The average molecular weight is 343 g/mol. The fourth-order valence-electron chi connectivity index (χ4n) is 3.44. The number of halogens is 2. The molecule has 1 aliphatic rings. The highest BCUT2D eigenvalue weighted by atomic mass is 35.5. The first-order valence-electron chi connectivity index (χ1n) is 7.54. The van der Waals surface area contributed by atoms with Gasteiger partial charge in [-0.15, -0.1) is 0 Å². The van der Waals surface area contributed by atoms with Crippen molar-refractivity contribution in [2.45, 2.75) is 43.9 Å². The van der Waals surface area contributed by atoms with E-state index in [0.29, 0.717) is 36.3 Å². The maximum absolute atomic E-state index is 14.5. The van der Waals surface area contributed by atoms with Gasteiger partial charge in [0.05, 0.1) is 20.6 Å². The minimum absolute atomic E-state index is 0.0783. The Hall–Kier alpha value is -1.62. The lowest BCUT2D eigenvalue weighted by atomic mass is 9.74. The summed E-state index contributed by atoms with van der Waals surface area (Å²) in [5.74, 6) is -1.07. The minimum atomic E-state index is -0.675. The zero-order valence-electron chi connectivity index (χ0n) is 13.3. The van der Waals surface area contributed by atoms with Crippen LogP contribution >= 0.6 is 11.6 Å². The third kappa shape index (κ3) is 3.66. The Balaban J connectivity index is 2.32. The molecule has 0 amide bonds. The van der Waals surface area contributed by atoms with Crippen molar-refractivity contribution in [2.24, 2.45) is 0 Å². The molecule has 1 aliphatic carbocycles. The number of carbonyl (C=O) groups excluding carboxylic acids is 2. The maximum Gasteiger partial charge on any atom is 0.306 e. The summed E-state index contributed by atoms with van der Waals surface area (Å²) in [7, 11) is 2.64. The Morgan fingerprint density at radius 2 is 1.96 bits per heavy atom. The van der Waals surface area contributed by atoms with E-state index in [1.54, 1.807) is 6.07 Å². The van der Waals surface area contributed by atoms with Gasteiger partial charge >= 0.3 is 11.9 Å². The van der Waals surface area contributed by atoms with Gasteiger partial charge in [-0.25, -0.2) is 4.39 Å². The van der Waals surface area contributed by atoms with Gasteiger partial charge in [-0.3, -0.25) is 9.59 Å². The zero-order valence-corrected chi connectivity index (χ0v) is 14.0.